The molecule has 3 nitrogen and oxygen atoms in total. The third-order valence-electron chi connectivity index (χ3n) is 2.01. The second-order valence-corrected chi connectivity index (χ2v) is 3.63. The molecule has 1 aromatic heterocycles. The molecule has 0 bridgehead atoms. The van der Waals surface area contributed by atoms with Gasteiger partial charge in [-0.25, -0.2) is 9.97 Å². The maximum atomic E-state index is 9.59. The molecule has 3 heteroatoms. The van der Waals surface area contributed by atoms with E-state index in [1.54, 1.807) is 6.20 Å². The Labute approximate surface area is 78.9 Å². The van der Waals surface area contributed by atoms with Crippen LogP contribution in [0.4, 0.5) is 0 Å². The van der Waals surface area contributed by atoms with Gasteiger partial charge in [-0.05, 0) is 18.9 Å². The highest BCUT2D eigenvalue weighted by Gasteiger charge is 2.11. The van der Waals surface area contributed by atoms with Crippen molar-refractivity contribution in [3.05, 3.63) is 23.8 Å². The third kappa shape index (κ3) is 3.11. The molecule has 1 N–H and O–H groups in total. The Kier molecular flexibility index (Phi) is 3.37. The Bertz CT molecular complexity index is 273. The average Bonchev–Trinajstić information content (AvgIpc) is 2.04. The molecule has 0 aromatic carbocycles. The van der Waals surface area contributed by atoms with E-state index in [1.165, 1.54) is 0 Å². The number of aromatic nitrogens is 2. The fourth-order valence-corrected chi connectivity index (χ4v) is 1.02. The first kappa shape index (κ1) is 10.1. The summed E-state index contributed by atoms with van der Waals surface area (Å²) in [4.78, 5) is 8.32. The minimum atomic E-state index is -0.346. The van der Waals surface area contributed by atoms with Crippen molar-refractivity contribution in [1.82, 2.24) is 9.97 Å². The summed E-state index contributed by atoms with van der Waals surface area (Å²) in [5.74, 6) is 0.977. The van der Waals surface area contributed by atoms with Crippen molar-refractivity contribution < 1.29 is 5.11 Å². The first-order valence-electron chi connectivity index (χ1n) is 4.56. The highest BCUT2D eigenvalue weighted by Crippen LogP contribution is 2.06. The number of aliphatic hydroxyl groups is 1. The lowest BCUT2D eigenvalue weighted by Gasteiger charge is -2.12. The van der Waals surface area contributed by atoms with E-state index >= 15 is 0 Å². The molecule has 0 radical (unpaired) electrons. The Hall–Kier alpha value is -0.960. The van der Waals surface area contributed by atoms with Gasteiger partial charge in [0, 0.05) is 18.3 Å². The normalized spacial score (nSPS) is 13.3. The van der Waals surface area contributed by atoms with Gasteiger partial charge in [0.05, 0.1) is 6.10 Å². The van der Waals surface area contributed by atoms with Crippen molar-refractivity contribution in [2.75, 3.05) is 0 Å². The molecule has 0 aliphatic heterocycles. The van der Waals surface area contributed by atoms with Crippen LogP contribution in [0, 0.1) is 12.8 Å². The summed E-state index contributed by atoms with van der Waals surface area (Å²) in [5.41, 5.74) is 0.945. The van der Waals surface area contributed by atoms with E-state index in [9.17, 15) is 5.11 Å². The summed E-state index contributed by atoms with van der Waals surface area (Å²) >= 11 is 0. The van der Waals surface area contributed by atoms with Crippen molar-refractivity contribution >= 4 is 0 Å². The van der Waals surface area contributed by atoms with Crippen LogP contribution in [-0.4, -0.2) is 21.2 Å². The Balaban J connectivity index is 2.64. The van der Waals surface area contributed by atoms with E-state index in [-0.39, 0.29) is 12.0 Å². The largest absolute Gasteiger partial charge is 0.392 e. The minimum Gasteiger partial charge on any atom is -0.392 e. The lowest BCUT2D eigenvalue weighted by atomic mass is 10.0. The van der Waals surface area contributed by atoms with Crippen LogP contribution < -0.4 is 0 Å². The molecule has 0 amide bonds. The third-order valence-corrected chi connectivity index (χ3v) is 2.01. The van der Waals surface area contributed by atoms with E-state index in [1.807, 2.05) is 26.8 Å². The molecule has 1 unspecified atom stereocenters. The van der Waals surface area contributed by atoms with Crippen LogP contribution in [-0.2, 0) is 6.42 Å². The van der Waals surface area contributed by atoms with Crippen LogP contribution in [0.3, 0.4) is 0 Å². The van der Waals surface area contributed by atoms with Crippen molar-refractivity contribution in [2.24, 2.45) is 5.92 Å². The monoisotopic (exact) mass is 180 g/mol. The van der Waals surface area contributed by atoms with Crippen LogP contribution >= 0.6 is 0 Å². The van der Waals surface area contributed by atoms with E-state index in [4.69, 9.17) is 0 Å². The summed E-state index contributed by atoms with van der Waals surface area (Å²) in [6, 6.07) is 1.85. The first-order valence-corrected chi connectivity index (χ1v) is 4.56. The van der Waals surface area contributed by atoms with Crippen LogP contribution in [0.1, 0.15) is 25.4 Å². The topological polar surface area (TPSA) is 46.0 Å². The summed E-state index contributed by atoms with van der Waals surface area (Å²) in [7, 11) is 0. The summed E-state index contributed by atoms with van der Waals surface area (Å²) in [6.45, 7) is 5.90. The number of aliphatic hydroxyl groups excluding tert-OH is 1. The molecule has 1 aromatic rings. The first-order chi connectivity index (χ1) is 6.09. The number of aryl methyl sites for hydroxylation is 1. The van der Waals surface area contributed by atoms with E-state index < -0.39 is 0 Å². The molecular weight excluding hydrogens is 164 g/mol. The second kappa shape index (κ2) is 4.33. The van der Waals surface area contributed by atoms with E-state index in [0.29, 0.717) is 6.42 Å². The zero-order valence-electron chi connectivity index (χ0n) is 8.36. The maximum Gasteiger partial charge on any atom is 0.131 e. The lowest BCUT2D eigenvalue weighted by molar-refractivity contribution is 0.123. The fourth-order valence-electron chi connectivity index (χ4n) is 1.02. The molecule has 0 saturated carbocycles. The zero-order chi connectivity index (χ0) is 9.84. The second-order valence-electron chi connectivity index (χ2n) is 3.63. The molecule has 0 fully saturated rings. The average molecular weight is 180 g/mol. The molecule has 0 aliphatic carbocycles. The van der Waals surface area contributed by atoms with Crippen LogP contribution in [0.25, 0.3) is 0 Å². The highest BCUT2D eigenvalue weighted by molar-refractivity contribution is 5.00. The van der Waals surface area contributed by atoms with Gasteiger partial charge in [0.2, 0.25) is 0 Å². The lowest BCUT2D eigenvalue weighted by Crippen LogP contribution is -2.19. The smallest absolute Gasteiger partial charge is 0.131 e. The fraction of sp³-hybridized carbons (Fsp3) is 0.600. The van der Waals surface area contributed by atoms with E-state index in [0.717, 1.165) is 11.5 Å². The molecule has 1 atom stereocenters. The van der Waals surface area contributed by atoms with Gasteiger partial charge in [-0.1, -0.05) is 13.8 Å². The van der Waals surface area contributed by atoms with E-state index in [2.05, 4.69) is 9.97 Å². The van der Waals surface area contributed by atoms with Gasteiger partial charge in [0.1, 0.15) is 5.82 Å². The standard InChI is InChI=1S/C10H16N2O/c1-7(2)9(13)6-10-11-5-4-8(3)12-10/h4-5,7,9,13H,6H2,1-3H3. The molecule has 0 spiro atoms. The number of nitrogens with zero attached hydrogens (tertiary/aromatic N) is 2. The van der Waals surface area contributed by atoms with Crippen LogP contribution in [0.15, 0.2) is 12.3 Å². The molecule has 0 aliphatic rings. The van der Waals surface area contributed by atoms with Crippen molar-refractivity contribution in [2.45, 2.75) is 33.3 Å². The maximum absolute atomic E-state index is 9.59. The summed E-state index contributed by atoms with van der Waals surface area (Å²) < 4.78 is 0. The molecule has 1 heterocycles. The van der Waals surface area contributed by atoms with Gasteiger partial charge in [0.25, 0.3) is 0 Å². The van der Waals surface area contributed by atoms with Crippen molar-refractivity contribution in [1.29, 1.82) is 0 Å². The van der Waals surface area contributed by atoms with Crippen molar-refractivity contribution in [3.63, 3.8) is 0 Å². The van der Waals surface area contributed by atoms with Gasteiger partial charge >= 0.3 is 0 Å². The minimum absolute atomic E-state index is 0.254. The molecular formula is C10H16N2O. The number of hydrogen-bond acceptors (Lipinski definition) is 3. The van der Waals surface area contributed by atoms with Crippen molar-refractivity contribution in [3.8, 4) is 0 Å². The molecule has 0 saturated heterocycles. The number of hydrogen-bond donors (Lipinski definition) is 1. The Morgan fingerprint density at radius 3 is 2.69 bits per heavy atom. The number of rotatable bonds is 3. The molecule has 72 valence electrons. The predicted octanol–water partition coefficient (Wildman–Crippen LogP) is 1.34. The summed E-state index contributed by atoms with van der Waals surface area (Å²) in [5, 5.41) is 9.59. The highest BCUT2D eigenvalue weighted by atomic mass is 16.3. The van der Waals surface area contributed by atoms with Gasteiger partial charge in [-0.3, -0.25) is 0 Å². The molecule has 1 rings (SSSR count). The quantitative estimate of drug-likeness (QED) is 0.763. The van der Waals surface area contributed by atoms with Gasteiger partial charge < -0.3 is 5.11 Å². The molecule has 13 heavy (non-hydrogen) atoms. The van der Waals surface area contributed by atoms with Gasteiger partial charge in [-0.2, -0.15) is 0 Å². The SMILES string of the molecule is Cc1ccnc(CC(O)C(C)C)n1. The summed E-state index contributed by atoms with van der Waals surface area (Å²) in [6.07, 6.45) is 1.92. The van der Waals surface area contributed by atoms with Crippen LogP contribution in [0.5, 0.6) is 0 Å². The predicted molar refractivity (Wildman–Crippen MR) is 51.3 cm³/mol. The van der Waals surface area contributed by atoms with Crippen LogP contribution in [0.2, 0.25) is 0 Å². The van der Waals surface area contributed by atoms with Gasteiger partial charge in [0.15, 0.2) is 0 Å². The Morgan fingerprint density at radius 1 is 1.46 bits per heavy atom. The Morgan fingerprint density at radius 2 is 2.15 bits per heavy atom. The van der Waals surface area contributed by atoms with Gasteiger partial charge in [-0.15, -0.1) is 0 Å². The zero-order valence-corrected chi connectivity index (χ0v) is 8.36.